The molecule has 0 spiro atoms. The minimum Gasteiger partial charge on any atom is -0.293 e. The first-order valence-electron chi connectivity index (χ1n) is 11.3. The number of sulfone groups is 1. The minimum atomic E-state index is -3.27. The molecule has 2 aromatic rings. The Hall–Kier alpha value is -2.49. The zero-order valence-electron chi connectivity index (χ0n) is 20.0. The van der Waals surface area contributed by atoms with Crippen LogP contribution in [0.25, 0.3) is 0 Å². The smallest absolute Gasteiger partial charge is 0.178 e. The Morgan fingerprint density at radius 2 is 1.88 bits per heavy atom. The van der Waals surface area contributed by atoms with E-state index in [0.717, 1.165) is 51.0 Å². The number of pyridine rings is 1. The van der Waals surface area contributed by atoms with Crippen molar-refractivity contribution in [3.63, 3.8) is 0 Å². The molecule has 0 amide bonds. The Balaban J connectivity index is 1.47. The van der Waals surface area contributed by atoms with Gasteiger partial charge in [-0.3, -0.25) is 19.8 Å². The molecule has 0 saturated carbocycles. The lowest BCUT2D eigenvalue weighted by Crippen LogP contribution is -2.51. The third kappa shape index (κ3) is 7.25. The van der Waals surface area contributed by atoms with Gasteiger partial charge in [0.1, 0.15) is 10.7 Å². The van der Waals surface area contributed by atoms with Gasteiger partial charge < -0.3 is 0 Å². The molecule has 3 heterocycles. The van der Waals surface area contributed by atoms with Crippen LogP contribution in [-0.4, -0.2) is 84.4 Å². The highest BCUT2D eigenvalue weighted by Crippen LogP contribution is 2.13. The lowest BCUT2D eigenvalue weighted by atomic mass is 10.1. The second-order valence-electron chi connectivity index (χ2n) is 8.49. The van der Waals surface area contributed by atoms with Crippen molar-refractivity contribution in [2.75, 3.05) is 39.5 Å². The topological polar surface area (TPSA) is 91.7 Å². The zero-order valence-corrected chi connectivity index (χ0v) is 20.8. The van der Waals surface area contributed by atoms with E-state index in [1.54, 1.807) is 0 Å². The summed E-state index contributed by atoms with van der Waals surface area (Å²) in [5, 5.41) is 0. The molecule has 178 valence electrons. The highest BCUT2D eigenvalue weighted by Gasteiger charge is 2.23. The predicted octanol–water partition coefficient (Wildman–Crippen LogP) is 2.35. The molecule has 0 N–H and O–H groups in total. The molecule has 1 atom stereocenters. The van der Waals surface area contributed by atoms with Gasteiger partial charge in [0.15, 0.2) is 9.84 Å². The van der Waals surface area contributed by atoms with Crippen molar-refractivity contribution in [3.8, 4) is 0 Å². The normalized spacial score (nSPS) is 17.5. The Bertz CT molecular complexity index is 1070. The fourth-order valence-corrected chi connectivity index (χ4v) is 4.40. The third-order valence-electron chi connectivity index (χ3n) is 6.13. The molecular formula is C24H34N6O2S. The largest absolute Gasteiger partial charge is 0.293 e. The van der Waals surface area contributed by atoms with Crippen LogP contribution < -0.4 is 0 Å². The van der Waals surface area contributed by atoms with Gasteiger partial charge in [-0.1, -0.05) is 6.08 Å². The number of aromatic nitrogens is 3. The van der Waals surface area contributed by atoms with Crippen LogP contribution in [0.15, 0.2) is 52.9 Å². The van der Waals surface area contributed by atoms with E-state index in [-0.39, 0.29) is 10.9 Å². The van der Waals surface area contributed by atoms with Crippen molar-refractivity contribution in [1.29, 1.82) is 0 Å². The first kappa shape index (κ1) is 25.1. The summed E-state index contributed by atoms with van der Waals surface area (Å²) in [6.07, 6.45) is 14.0. The lowest BCUT2D eigenvalue weighted by molar-refractivity contribution is 0.115. The fourth-order valence-electron chi connectivity index (χ4n) is 3.91. The lowest BCUT2D eigenvalue weighted by Gasteiger charge is -2.37. The van der Waals surface area contributed by atoms with Crippen LogP contribution in [0.1, 0.15) is 30.3 Å². The second kappa shape index (κ2) is 11.6. The standard InChI is InChI=1S/C24H34N6O2S/c1-19-9-10-26-15-21(19)7-5-6-8-23(25-3)20(2)30-13-11-29(12-14-30)18-24-27-16-22(17-28-24)33(4,31)32/h6,8-10,15-17,20H,5,7,11-14,18H2,1-4H3/b8-6-,25-23+. The molecule has 0 radical (unpaired) electrons. The Kier molecular flexibility index (Phi) is 8.82. The van der Waals surface area contributed by atoms with Gasteiger partial charge in [0.05, 0.1) is 12.3 Å². The molecule has 0 aromatic carbocycles. The van der Waals surface area contributed by atoms with E-state index in [0.29, 0.717) is 12.4 Å². The maximum absolute atomic E-state index is 11.6. The monoisotopic (exact) mass is 470 g/mol. The Morgan fingerprint density at radius 3 is 2.48 bits per heavy atom. The first-order chi connectivity index (χ1) is 15.8. The summed E-state index contributed by atoms with van der Waals surface area (Å²) in [7, 11) is -1.41. The molecule has 1 aliphatic rings. The zero-order chi connectivity index (χ0) is 23.8. The van der Waals surface area contributed by atoms with E-state index >= 15 is 0 Å². The van der Waals surface area contributed by atoms with Crippen LogP contribution in [0.3, 0.4) is 0 Å². The van der Waals surface area contributed by atoms with Crippen LogP contribution in [0, 0.1) is 6.92 Å². The molecule has 3 rings (SSSR count). The highest BCUT2D eigenvalue weighted by molar-refractivity contribution is 7.90. The quantitative estimate of drug-likeness (QED) is 0.520. The molecular weight excluding hydrogens is 436 g/mol. The molecule has 1 saturated heterocycles. The van der Waals surface area contributed by atoms with Crippen molar-refractivity contribution >= 4 is 15.5 Å². The summed E-state index contributed by atoms with van der Waals surface area (Å²) >= 11 is 0. The molecule has 1 aliphatic heterocycles. The van der Waals surface area contributed by atoms with Crippen LogP contribution in [0.4, 0.5) is 0 Å². The summed E-state index contributed by atoms with van der Waals surface area (Å²) in [6.45, 7) is 8.63. The molecule has 1 unspecified atom stereocenters. The Morgan fingerprint density at radius 1 is 1.18 bits per heavy atom. The van der Waals surface area contributed by atoms with Crippen molar-refractivity contribution in [2.24, 2.45) is 4.99 Å². The molecule has 33 heavy (non-hydrogen) atoms. The van der Waals surface area contributed by atoms with Gasteiger partial charge in [-0.15, -0.1) is 0 Å². The average Bonchev–Trinajstić information content (AvgIpc) is 2.80. The van der Waals surface area contributed by atoms with E-state index < -0.39 is 9.84 Å². The van der Waals surface area contributed by atoms with Gasteiger partial charge in [0, 0.05) is 70.3 Å². The van der Waals surface area contributed by atoms with Crippen molar-refractivity contribution in [1.82, 2.24) is 24.8 Å². The molecule has 9 heteroatoms. The van der Waals surface area contributed by atoms with Gasteiger partial charge in [0.25, 0.3) is 0 Å². The number of hydrogen-bond acceptors (Lipinski definition) is 8. The number of allylic oxidation sites excluding steroid dienone is 1. The van der Waals surface area contributed by atoms with E-state index in [1.165, 1.54) is 23.5 Å². The van der Waals surface area contributed by atoms with Crippen LogP contribution >= 0.6 is 0 Å². The maximum atomic E-state index is 11.6. The summed E-state index contributed by atoms with van der Waals surface area (Å²) < 4.78 is 23.1. The summed E-state index contributed by atoms with van der Waals surface area (Å²) in [5.74, 6) is 0.645. The average molecular weight is 471 g/mol. The van der Waals surface area contributed by atoms with E-state index in [9.17, 15) is 8.42 Å². The number of aliphatic imine (C=N–C) groups is 1. The van der Waals surface area contributed by atoms with Gasteiger partial charge in [-0.25, -0.2) is 18.4 Å². The first-order valence-corrected chi connectivity index (χ1v) is 13.2. The molecule has 0 bridgehead atoms. The number of nitrogens with zero attached hydrogens (tertiary/aromatic N) is 6. The summed E-state index contributed by atoms with van der Waals surface area (Å²) in [5.41, 5.74) is 3.66. The van der Waals surface area contributed by atoms with Gasteiger partial charge in [-0.2, -0.15) is 0 Å². The molecule has 0 aliphatic carbocycles. The van der Waals surface area contributed by atoms with Gasteiger partial charge >= 0.3 is 0 Å². The maximum Gasteiger partial charge on any atom is 0.178 e. The number of piperazine rings is 1. The number of rotatable bonds is 9. The summed E-state index contributed by atoms with van der Waals surface area (Å²) in [4.78, 5) is 22.1. The van der Waals surface area contributed by atoms with Crippen molar-refractivity contribution in [2.45, 2.75) is 44.2 Å². The van der Waals surface area contributed by atoms with E-state index in [4.69, 9.17) is 0 Å². The third-order valence-corrected chi connectivity index (χ3v) is 7.20. The number of hydrogen-bond donors (Lipinski definition) is 0. The van der Waals surface area contributed by atoms with Crippen molar-refractivity contribution < 1.29 is 8.42 Å². The summed E-state index contributed by atoms with van der Waals surface area (Å²) in [6, 6.07) is 2.30. The molecule has 8 nitrogen and oxygen atoms in total. The number of aryl methyl sites for hydroxylation is 2. The van der Waals surface area contributed by atoms with E-state index in [1.807, 2.05) is 19.4 Å². The van der Waals surface area contributed by atoms with Crippen LogP contribution in [0.2, 0.25) is 0 Å². The van der Waals surface area contributed by atoms with E-state index in [2.05, 4.69) is 61.8 Å². The van der Waals surface area contributed by atoms with Crippen molar-refractivity contribution in [3.05, 3.63) is 60.0 Å². The van der Waals surface area contributed by atoms with Crippen LogP contribution in [0.5, 0.6) is 0 Å². The second-order valence-corrected chi connectivity index (χ2v) is 10.5. The predicted molar refractivity (Wildman–Crippen MR) is 131 cm³/mol. The highest BCUT2D eigenvalue weighted by atomic mass is 32.2. The van der Waals surface area contributed by atoms with Gasteiger partial charge in [0.2, 0.25) is 0 Å². The van der Waals surface area contributed by atoms with Crippen LogP contribution in [-0.2, 0) is 22.8 Å². The SMILES string of the molecule is C/N=C(\C=C/CCc1cnccc1C)C(C)N1CCN(Cc2ncc(S(C)(=O)=O)cn2)CC1. The minimum absolute atomic E-state index is 0.153. The molecule has 2 aromatic heterocycles. The molecule has 1 fully saturated rings. The Labute approximate surface area is 197 Å². The van der Waals surface area contributed by atoms with Gasteiger partial charge in [-0.05, 0) is 50.0 Å². The fraction of sp³-hybridized carbons (Fsp3) is 0.500.